The number of fused-ring (bicyclic) bond motifs is 9. The third-order valence-electron chi connectivity index (χ3n) is 14.5. The van der Waals surface area contributed by atoms with Gasteiger partial charge in [-0.15, -0.1) is 11.3 Å². The van der Waals surface area contributed by atoms with Gasteiger partial charge in [0, 0.05) is 65.4 Å². The molecule has 340 valence electrons. The SMILES string of the molecule is Cc1cc2c3c(c1)N(c1cccc4c1oc1ccccc14)c1cc(N(c4ccc(C(C)(C)C)cc4)c4ccc(C(C)(C)C)cc4)ccc1B3c1sc3ccc(C(C)(C)C)cc3c1N2c1ccccc1. The van der Waals surface area contributed by atoms with Crippen LogP contribution in [-0.2, 0) is 16.2 Å². The maximum Gasteiger partial charge on any atom is 0.264 e. The summed E-state index contributed by atoms with van der Waals surface area (Å²) in [4.78, 5) is 7.52. The second kappa shape index (κ2) is 15.5. The van der Waals surface area contributed by atoms with Crippen LogP contribution in [0.3, 0.4) is 0 Å². The summed E-state index contributed by atoms with van der Waals surface area (Å²) in [6.45, 7) is 22.9. The van der Waals surface area contributed by atoms with Crippen LogP contribution in [0.2, 0.25) is 0 Å². The summed E-state index contributed by atoms with van der Waals surface area (Å²) >= 11 is 1.95. The van der Waals surface area contributed by atoms with Gasteiger partial charge >= 0.3 is 0 Å². The van der Waals surface area contributed by atoms with E-state index < -0.39 is 0 Å². The van der Waals surface area contributed by atoms with Gasteiger partial charge in [-0.25, -0.2) is 0 Å². The number of hydrogen-bond donors (Lipinski definition) is 0. The highest BCUT2D eigenvalue weighted by molar-refractivity contribution is 7.33. The van der Waals surface area contributed by atoms with Crippen LogP contribution in [0.5, 0.6) is 0 Å². The average molecular weight is 916 g/mol. The highest BCUT2D eigenvalue weighted by Gasteiger charge is 2.46. The van der Waals surface area contributed by atoms with Gasteiger partial charge in [0.2, 0.25) is 0 Å². The van der Waals surface area contributed by atoms with E-state index >= 15 is 0 Å². The Balaban J connectivity index is 1.17. The van der Waals surface area contributed by atoms with Crippen molar-refractivity contribution in [2.45, 2.75) is 85.5 Å². The first-order chi connectivity index (χ1) is 33.0. The number of rotatable bonds is 5. The molecule has 10 aromatic rings. The summed E-state index contributed by atoms with van der Waals surface area (Å²) in [5.74, 6) is 0. The van der Waals surface area contributed by atoms with Crippen molar-refractivity contribution in [3.8, 4) is 0 Å². The Labute approximate surface area is 411 Å². The maximum absolute atomic E-state index is 6.95. The van der Waals surface area contributed by atoms with E-state index in [1.165, 1.54) is 65.1 Å². The Morgan fingerprint density at radius 3 is 1.71 bits per heavy atom. The molecule has 4 nitrogen and oxygen atoms in total. The third kappa shape index (κ3) is 7.01. The minimum atomic E-state index is -0.0261. The lowest BCUT2D eigenvalue weighted by Crippen LogP contribution is -2.60. The van der Waals surface area contributed by atoms with E-state index in [4.69, 9.17) is 4.42 Å². The predicted octanol–water partition coefficient (Wildman–Crippen LogP) is 16.6. The van der Waals surface area contributed by atoms with E-state index in [0.717, 1.165) is 56.1 Å². The van der Waals surface area contributed by atoms with Crippen molar-refractivity contribution in [1.82, 2.24) is 0 Å². The van der Waals surface area contributed by atoms with Crippen LogP contribution < -0.4 is 30.4 Å². The topological polar surface area (TPSA) is 22.9 Å². The Kier molecular flexibility index (Phi) is 9.72. The van der Waals surface area contributed by atoms with Gasteiger partial charge in [-0.2, -0.15) is 0 Å². The molecule has 12 rings (SSSR count). The largest absolute Gasteiger partial charge is 0.454 e. The summed E-state index contributed by atoms with van der Waals surface area (Å²) in [6, 6.07) is 63.7. The van der Waals surface area contributed by atoms with E-state index in [-0.39, 0.29) is 23.0 Å². The van der Waals surface area contributed by atoms with E-state index in [1.807, 2.05) is 11.3 Å². The van der Waals surface area contributed by atoms with Crippen molar-refractivity contribution in [2.75, 3.05) is 14.7 Å². The number of aryl methyl sites for hydroxylation is 1. The van der Waals surface area contributed by atoms with E-state index in [9.17, 15) is 0 Å². The van der Waals surface area contributed by atoms with Crippen LogP contribution in [0.15, 0.2) is 174 Å². The summed E-state index contributed by atoms with van der Waals surface area (Å²) < 4.78 is 9.62. The summed E-state index contributed by atoms with van der Waals surface area (Å²) in [5, 5.41) is 3.53. The Morgan fingerprint density at radius 1 is 0.478 bits per heavy atom. The monoisotopic (exact) mass is 915 g/mol. The fourth-order valence-electron chi connectivity index (χ4n) is 10.9. The van der Waals surface area contributed by atoms with E-state index in [0.29, 0.717) is 0 Å². The number of benzene rings is 8. The fraction of sp³-hybridized carbons (Fsp3) is 0.206. The van der Waals surface area contributed by atoms with Crippen LogP contribution >= 0.6 is 11.3 Å². The standard InChI is InChI=1S/C63H58BN3OS/c1-39-35-53-57-54(36-39)67(51-21-16-20-48-47-19-14-15-22-55(47)68-59(48)51)52-38-46(65(44-28-23-40(24-29-44)61(2,3)4)45-30-25-41(26-31-45)62(5,6)7)32-33-50(52)64(57)60-58(66(53)43-17-12-11-13-18-43)49-37-42(63(8,9)10)27-34-56(49)69-60/h11-38H,1-10H3. The molecule has 0 unspecified atom stereocenters. The van der Waals surface area contributed by atoms with Gasteiger partial charge < -0.3 is 19.1 Å². The quantitative estimate of drug-likeness (QED) is 0.161. The number of thiophene rings is 1. The maximum atomic E-state index is 6.95. The molecule has 0 spiro atoms. The van der Waals surface area contributed by atoms with E-state index in [1.54, 1.807) is 0 Å². The molecule has 0 fully saturated rings. The lowest BCUT2D eigenvalue weighted by atomic mass is 9.36. The summed E-state index contributed by atoms with van der Waals surface area (Å²) in [5.41, 5.74) is 19.9. The molecule has 2 aromatic heterocycles. The first kappa shape index (κ1) is 43.3. The van der Waals surface area contributed by atoms with Gasteiger partial charge in [-0.05, 0) is 141 Å². The molecule has 0 radical (unpaired) electrons. The zero-order chi connectivity index (χ0) is 47.7. The average Bonchev–Trinajstić information content (AvgIpc) is 3.90. The molecular formula is C63H58BN3OS. The van der Waals surface area contributed by atoms with Gasteiger partial charge in [0.15, 0.2) is 5.58 Å². The predicted molar refractivity (Wildman–Crippen MR) is 299 cm³/mol. The molecular weight excluding hydrogens is 858 g/mol. The van der Waals surface area contributed by atoms with Crippen molar-refractivity contribution >= 4 is 117 Å². The van der Waals surface area contributed by atoms with Gasteiger partial charge in [0.05, 0.1) is 11.4 Å². The second-order valence-electron chi connectivity index (χ2n) is 22.4. The zero-order valence-corrected chi connectivity index (χ0v) is 42.2. The van der Waals surface area contributed by atoms with Crippen LogP contribution in [0.4, 0.5) is 51.2 Å². The van der Waals surface area contributed by atoms with Crippen molar-refractivity contribution in [3.05, 3.63) is 192 Å². The number of anilines is 9. The lowest BCUT2D eigenvalue weighted by molar-refractivity contribution is 0.590. The molecule has 0 atom stereocenters. The number of hydrogen-bond acceptors (Lipinski definition) is 5. The number of nitrogens with zero attached hydrogens (tertiary/aromatic N) is 3. The minimum Gasteiger partial charge on any atom is -0.454 e. The van der Waals surface area contributed by atoms with Crippen molar-refractivity contribution < 1.29 is 4.42 Å². The van der Waals surface area contributed by atoms with Gasteiger partial charge in [0.25, 0.3) is 6.71 Å². The van der Waals surface area contributed by atoms with Crippen LogP contribution in [0.1, 0.15) is 84.6 Å². The Bertz CT molecular complexity index is 3580. The van der Waals surface area contributed by atoms with Gasteiger partial charge in [-0.3, -0.25) is 0 Å². The molecule has 0 aliphatic carbocycles. The Morgan fingerprint density at radius 2 is 1.06 bits per heavy atom. The fourth-order valence-corrected chi connectivity index (χ4v) is 12.2. The molecule has 0 amide bonds. The zero-order valence-electron chi connectivity index (χ0n) is 41.4. The van der Waals surface area contributed by atoms with Gasteiger partial charge in [0.1, 0.15) is 5.58 Å². The molecule has 0 N–H and O–H groups in total. The molecule has 2 aliphatic rings. The highest BCUT2D eigenvalue weighted by atomic mass is 32.1. The van der Waals surface area contributed by atoms with Crippen LogP contribution in [0.25, 0.3) is 32.0 Å². The first-order valence-corrected chi connectivity index (χ1v) is 25.3. The molecule has 2 aliphatic heterocycles. The first-order valence-electron chi connectivity index (χ1n) is 24.5. The molecule has 69 heavy (non-hydrogen) atoms. The van der Waals surface area contributed by atoms with Crippen molar-refractivity contribution in [3.63, 3.8) is 0 Å². The highest BCUT2D eigenvalue weighted by Crippen LogP contribution is 2.51. The normalized spacial score (nSPS) is 13.6. The second-order valence-corrected chi connectivity index (χ2v) is 23.4. The van der Waals surface area contributed by atoms with Crippen LogP contribution in [0, 0.1) is 6.92 Å². The van der Waals surface area contributed by atoms with Crippen molar-refractivity contribution in [1.29, 1.82) is 0 Å². The molecule has 6 heteroatoms. The third-order valence-corrected chi connectivity index (χ3v) is 15.8. The smallest absolute Gasteiger partial charge is 0.264 e. The van der Waals surface area contributed by atoms with E-state index in [2.05, 4.69) is 254 Å². The Hall–Kier alpha value is -7.02. The molecule has 0 bridgehead atoms. The molecule has 8 aromatic carbocycles. The molecule has 4 heterocycles. The minimum absolute atomic E-state index is 0.00502. The van der Waals surface area contributed by atoms with Crippen LogP contribution in [-0.4, -0.2) is 6.71 Å². The summed E-state index contributed by atoms with van der Waals surface area (Å²) in [7, 11) is 0. The van der Waals surface area contributed by atoms with Gasteiger partial charge in [-0.1, -0.05) is 147 Å². The lowest BCUT2D eigenvalue weighted by Gasteiger charge is -2.43. The summed E-state index contributed by atoms with van der Waals surface area (Å²) in [6.07, 6.45) is 0. The number of furan rings is 1. The van der Waals surface area contributed by atoms with Crippen molar-refractivity contribution in [2.24, 2.45) is 0 Å². The molecule has 0 saturated heterocycles. The number of para-hydroxylation sites is 3. The molecule has 0 saturated carbocycles.